The zero-order valence-corrected chi connectivity index (χ0v) is 17.0. The number of hydrogen-bond acceptors (Lipinski definition) is 4. The van der Waals surface area contributed by atoms with Gasteiger partial charge in [0.25, 0.3) is 11.8 Å². The quantitative estimate of drug-likeness (QED) is 0.550. The predicted molar refractivity (Wildman–Crippen MR) is 118 cm³/mol. The van der Waals surface area contributed by atoms with Gasteiger partial charge >= 0.3 is 0 Å². The van der Waals surface area contributed by atoms with Gasteiger partial charge in [-0.2, -0.15) is 0 Å². The number of benzene rings is 3. The highest BCUT2D eigenvalue weighted by Gasteiger charge is 2.41. The third kappa shape index (κ3) is 4.05. The van der Waals surface area contributed by atoms with Crippen molar-refractivity contribution in [2.24, 2.45) is 0 Å². The first-order valence-electron chi connectivity index (χ1n) is 10.0. The summed E-state index contributed by atoms with van der Waals surface area (Å²) in [6, 6.07) is 21.7. The minimum atomic E-state index is -0.646. The van der Waals surface area contributed by atoms with Crippen molar-refractivity contribution in [2.45, 2.75) is 13.3 Å². The van der Waals surface area contributed by atoms with Gasteiger partial charge in [0.1, 0.15) is 17.3 Å². The molecule has 0 aromatic heterocycles. The lowest BCUT2D eigenvalue weighted by atomic mass is 10.0. The Bertz CT molecular complexity index is 1160. The molecule has 0 unspecified atom stereocenters. The van der Waals surface area contributed by atoms with Crippen LogP contribution in [-0.4, -0.2) is 18.4 Å². The zero-order valence-electron chi connectivity index (χ0n) is 17.0. The van der Waals surface area contributed by atoms with E-state index in [-0.39, 0.29) is 17.0 Å². The summed E-state index contributed by atoms with van der Waals surface area (Å²) in [6.07, 6.45) is 0.867. The van der Waals surface area contributed by atoms with Crippen molar-refractivity contribution in [3.63, 3.8) is 0 Å². The van der Waals surface area contributed by atoms with E-state index in [1.165, 1.54) is 18.2 Å². The van der Waals surface area contributed by atoms with E-state index < -0.39 is 17.6 Å². The molecule has 1 heterocycles. The van der Waals surface area contributed by atoms with Crippen LogP contribution >= 0.6 is 0 Å². The highest BCUT2D eigenvalue weighted by molar-refractivity contribution is 6.46. The van der Waals surface area contributed by atoms with E-state index in [0.717, 1.165) is 11.3 Å². The number of ether oxygens (including phenoxy) is 1. The number of nitrogens with one attached hydrogen (secondary N) is 1. The molecule has 0 atom stereocenters. The van der Waals surface area contributed by atoms with Crippen LogP contribution in [0.15, 0.2) is 84.6 Å². The Morgan fingerprint density at radius 1 is 0.903 bits per heavy atom. The van der Waals surface area contributed by atoms with Gasteiger partial charge in [0, 0.05) is 11.8 Å². The highest BCUT2D eigenvalue weighted by atomic mass is 19.1. The zero-order chi connectivity index (χ0) is 21.8. The second kappa shape index (κ2) is 8.83. The number of anilines is 2. The third-order valence-corrected chi connectivity index (χ3v) is 4.82. The normalized spacial score (nSPS) is 13.7. The topological polar surface area (TPSA) is 58.6 Å². The molecule has 31 heavy (non-hydrogen) atoms. The van der Waals surface area contributed by atoms with Crippen molar-refractivity contribution in [1.82, 2.24) is 0 Å². The van der Waals surface area contributed by atoms with Crippen LogP contribution in [0, 0.1) is 5.82 Å². The van der Waals surface area contributed by atoms with Crippen LogP contribution in [0.1, 0.15) is 18.9 Å². The maximum atomic E-state index is 14.4. The molecule has 4 rings (SSSR count). The number of para-hydroxylation sites is 1. The number of hydrogen-bond donors (Lipinski definition) is 1. The fourth-order valence-electron chi connectivity index (χ4n) is 3.40. The van der Waals surface area contributed by atoms with Gasteiger partial charge in [0.15, 0.2) is 0 Å². The Kier molecular flexibility index (Phi) is 5.80. The van der Waals surface area contributed by atoms with E-state index in [1.54, 1.807) is 48.5 Å². The fraction of sp³-hybridized carbons (Fsp3) is 0.120. The molecule has 0 saturated carbocycles. The lowest BCUT2D eigenvalue weighted by molar-refractivity contribution is -0.120. The molecular formula is C25H21FN2O3. The molecule has 0 saturated heterocycles. The van der Waals surface area contributed by atoms with Crippen molar-refractivity contribution in [3.05, 3.63) is 95.9 Å². The fourth-order valence-corrected chi connectivity index (χ4v) is 3.40. The average Bonchev–Trinajstić information content (AvgIpc) is 3.03. The first-order valence-corrected chi connectivity index (χ1v) is 10.0. The van der Waals surface area contributed by atoms with Crippen LogP contribution in [0.5, 0.6) is 5.75 Å². The molecule has 0 bridgehead atoms. The standard InChI is InChI=1S/C25H21FN2O3/c1-2-15-31-19-12-8-11-18(16-19)27-23-22(17-9-4-3-5-10-17)24(29)28(25(23)30)21-14-7-6-13-20(21)26/h3-14,16,27H,2,15H2,1H3. The molecule has 1 N–H and O–H groups in total. The summed E-state index contributed by atoms with van der Waals surface area (Å²) >= 11 is 0. The Morgan fingerprint density at radius 3 is 2.39 bits per heavy atom. The molecular weight excluding hydrogens is 395 g/mol. The van der Waals surface area contributed by atoms with Gasteiger partial charge in [0.05, 0.1) is 17.9 Å². The van der Waals surface area contributed by atoms with Gasteiger partial charge in [0.2, 0.25) is 0 Å². The van der Waals surface area contributed by atoms with Crippen molar-refractivity contribution in [3.8, 4) is 5.75 Å². The number of halogens is 1. The first kappa shape index (κ1) is 20.3. The van der Waals surface area contributed by atoms with Gasteiger partial charge in [-0.3, -0.25) is 9.59 Å². The molecule has 156 valence electrons. The summed E-state index contributed by atoms with van der Waals surface area (Å²) in [7, 11) is 0. The Labute approximate surface area is 179 Å². The predicted octanol–water partition coefficient (Wildman–Crippen LogP) is 5.01. The molecule has 1 aliphatic heterocycles. The Morgan fingerprint density at radius 2 is 1.65 bits per heavy atom. The molecule has 0 fully saturated rings. The van der Waals surface area contributed by atoms with Gasteiger partial charge in [-0.25, -0.2) is 9.29 Å². The minimum Gasteiger partial charge on any atom is -0.494 e. The molecule has 0 radical (unpaired) electrons. The third-order valence-electron chi connectivity index (χ3n) is 4.82. The highest BCUT2D eigenvalue weighted by Crippen LogP contribution is 2.35. The van der Waals surface area contributed by atoms with Crippen LogP contribution in [-0.2, 0) is 9.59 Å². The van der Waals surface area contributed by atoms with Crippen molar-refractivity contribution in [1.29, 1.82) is 0 Å². The average molecular weight is 416 g/mol. The largest absolute Gasteiger partial charge is 0.494 e. The van der Waals surface area contributed by atoms with Gasteiger partial charge < -0.3 is 10.1 Å². The minimum absolute atomic E-state index is 0.0808. The van der Waals surface area contributed by atoms with Gasteiger partial charge in [-0.15, -0.1) is 0 Å². The van der Waals surface area contributed by atoms with E-state index in [1.807, 2.05) is 19.1 Å². The lowest BCUT2D eigenvalue weighted by Crippen LogP contribution is -2.33. The summed E-state index contributed by atoms with van der Waals surface area (Å²) in [4.78, 5) is 27.5. The smallest absolute Gasteiger partial charge is 0.282 e. The number of carbonyl (C=O) groups is 2. The van der Waals surface area contributed by atoms with Gasteiger partial charge in [-0.1, -0.05) is 55.5 Å². The summed E-state index contributed by atoms with van der Waals surface area (Å²) < 4.78 is 20.1. The first-order chi connectivity index (χ1) is 15.1. The number of carbonyl (C=O) groups excluding carboxylic acids is 2. The van der Waals surface area contributed by atoms with Crippen molar-refractivity contribution in [2.75, 3.05) is 16.8 Å². The lowest BCUT2D eigenvalue weighted by Gasteiger charge is -2.16. The molecule has 2 amide bonds. The van der Waals surface area contributed by atoms with Gasteiger partial charge in [-0.05, 0) is 36.2 Å². The number of amides is 2. The summed E-state index contributed by atoms with van der Waals surface area (Å²) in [6.45, 7) is 2.58. The van der Waals surface area contributed by atoms with E-state index in [9.17, 15) is 14.0 Å². The summed E-state index contributed by atoms with van der Waals surface area (Å²) in [5.74, 6) is -1.19. The summed E-state index contributed by atoms with van der Waals surface area (Å²) in [5.41, 5.74) is 1.36. The van der Waals surface area contributed by atoms with E-state index >= 15 is 0 Å². The van der Waals surface area contributed by atoms with Crippen molar-refractivity contribution >= 4 is 28.8 Å². The second-order valence-electron chi connectivity index (χ2n) is 7.01. The Hall–Kier alpha value is -3.93. The molecule has 0 spiro atoms. The van der Waals surface area contributed by atoms with Crippen LogP contribution < -0.4 is 15.0 Å². The van der Waals surface area contributed by atoms with Crippen LogP contribution in [0.2, 0.25) is 0 Å². The number of nitrogens with zero attached hydrogens (tertiary/aromatic N) is 1. The molecule has 3 aromatic carbocycles. The van der Waals surface area contributed by atoms with Crippen LogP contribution in [0.3, 0.4) is 0 Å². The number of imide groups is 1. The molecule has 6 heteroatoms. The summed E-state index contributed by atoms with van der Waals surface area (Å²) in [5, 5.41) is 3.07. The SMILES string of the molecule is CCCOc1cccc(NC2=C(c3ccccc3)C(=O)N(c3ccccc3F)C2=O)c1. The monoisotopic (exact) mass is 416 g/mol. The number of rotatable bonds is 7. The second-order valence-corrected chi connectivity index (χ2v) is 7.01. The van der Waals surface area contributed by atoms with Crippen LogP contribution in [0.25, 0.3) is 5.57 Å². The van der Waals surface area contributed by atoms with Crippen molar-refractivity contribution < 1.29 is 18.7 Å². The van der Waals surface area contributed by atoms with E-state index in [2.05, 4.69) is 5.32 Å². The Balaban J connectivity index is 1.76. The van der Waals surface area contributed by atoms with Crippen LogP contribution in [0.4, 0.5) is 15.8 Å². The molecule has 3 aromatic rings. The maximum absolute atomic E-state index is 14.4. The molecule has 1 aliphatic rings. The maximum Gasteiger partial charge on any atom is 0.282 e. The molecule has 5 nitrogen and oxygen atoms in total. The van der Waals surface area contributed by atoms with E-state index in [4.69, 9.17) is 4.74 Å². The van der Waals surface area contributed by atoms with E-state index in [0.29, 0.717) is 23.6 Å². The molecule has 0 aliphatic carbocycles.